The summed E-state index contributed by atoms with van der Waals surface area (Å²) in [6, 6.07) is 0. The van der Waals surface area contributed by atoms with Crippen molar-refractivity contribution in [2.75, 3.05) is 13.2 Å². The van der Waals surface area contributed by atoms with E-state index in [4.69, 9.17) is 14.2 Å². The Morgan fingerprint density at radius 3 is 0.794 bits per heavy atom. The van der Waals surface area contributed by atoms with Crippen LogP contribution in [0.5, 0.6) is 0 Å². The zero-order chi connectivity index (χ0) is 46.1. The fourth-order valence-corrected chi connectivity index (χ4v) is 8.81. The van der Waals surface area contributed by atoms with Crippen LogP contribution in [-0.4, -0.2) is 37.2 Å². The molecule has 0 saturated heterocycles. The van der Waals surface area contributed by atoms with E-state index in [2.05, 4.69) is 20.8 Å². The largest absolute Gasteiger partial charge is 0.461 e. The third kappa shape index (κ3) is 45.4. The highest BCUT2D eigenvalue weighted by molar-refractivity contribution is 5.73. The van der Waals surface area contributed by atoms with Crippen LogP contribution in [0.4, 0.5) is 0 Å². The van der Waals surface area contributed by atoms with E-state index < -0.39 is 6.10 Å². The van der Waals surface area contributed by atoms with Gasteiger partial charge in [0.25, 0.3) is 0 Å². The number of ether oxygens (including phenoxy) is 3. The zero-order valence-electron chi connectivity index (χ0n) is 43.2. The Labute approximate surface area is 393 Å². The molecule has 0 aromatic carbocycles. The first kappa shape index (κ1) is 61.4. The molecule has 0 aromatic heterocycles. The Morgan fingerprint density at radius 2 is 0.540 bits per heavy atom. The number of esters is 3. The van der Waals surface area contributed by atoms with Crippen LogP contribution in [0.15, 0.2) is 0 Å². The molecule has 0 saturated carbocycles. The van der Waals surface area contributed by atoms with E-state index in [1.54, 1.807) is 0 Å². The van der Waals surface area contributed by atoms with Gasteiger partial charge in [0.15, 0.2) is 6.10 Å². The van der Waals surface area contributed by atoms with Gasteiger partial charge in [-0.1, -0.05) is 291 Å². The van der Waals surface area contributed by atoms with Gasteiger partial charge in [-0.25, -0.2) is 0 Å². The molecule has 0 aromatic rings. The molecule has 374 valence electrons. The van der Waals surface area contributed by atoms with Crippen LogP contribution >= 0.6 is 0 Å². The molecule has 6 nitrogen and oxygen atoms in total. The Kier molecular flexibility index (Phi) is 48.6. The van der Waals surface area contributed by atoms with Crippen molar-refractivity contribution >= 4 is 17.9 Å². The van der Waals surface area contributed by atoms with Crippen LogP contribution in [0.25, 0.3) is 0 Å². The van der Waals surface area contributed by atoms with Crippen molar-refractivity contribution in [1.29, 1.82) is 0 Å². The molecule has 0 amide bonds. The van der Waals surface area contributed by atoms with Gasteiger partial charge in [0, 0.05) is 6.42 Å². The topological polar surface area (TPSA) is 78.9 Å². The Hall–Kier alpha value is -1.59. The van der Waals surface area contributed by atoms with E-state index in [-0.39, 0.29) is 43.0 Å². The Bertz CT molecular complexity index is 912. The second-order valence-electron chi connectivity index (χ2n) is 19.9. The van der Waals surface area contributed by atoms with Crippen LogP contribution in [0.3, 0.4) is 0 Å². The minimum atomic E-state index is -0.783. The first-order chi connectivity index (χ1) is 30.8. The third-order valence-electron chi connectivity index (χ3n) is 13.4. The highest BCUT2D eigenvalue weighted by Crippen LogP contribution is 2.19. The summed E-state index contributed by atoms with van der Waals surface area (Å²) in [7, 11) is 0. The van der Waals surface area contributed by atoms with Crippen LogP contribution < -0.4 is 0 Å². The van der Waals surface area contributed by atoms with E-state index in [9.17, 15) is 14.4 Å². The second kappa shape index (κ2) is 49.8. The van der Waals surface area contributed by atoms with E-state index in [0.29, 0.717) is 6.42 Å². The van der Waals surface area contributed by atoms with Gasteiger partial charge in [-0.3, -0.25) is 14.4 Å². The van der Waals surface area contributed by atoms with E-state index in [0.717, 1.165) is 57.8 Å². The van der Waals surface area contributed by atoms with Crippen molar-refractivity contribution in [2.45, 2.75) is 323 Å². The summed E-state index contributed by atoms with van der Waals surface area (Å²) in [4.78, 5) is 38.9. The summed E-state index contributed by atoms with van der Waals surface area (Å²) in [6.07, 6.45) is 54.1. The van der Waals surface area contributed by atoms with Gasteiger partial charge in [0.05, 0.1) is 11.8 Å². The molecule has 6 heteroatoms. The van der Waals surface area contributed by atoms with Crippen molar-refractivity contribution in [3.05, 3.63) is 0 Å². The monoisotopic (exact) mass is 891 g/mol. The number of carbonyl (C=O) groups excluding carboxylic acids is 3. The zero-order valence-corrected chi connectivity index (χ0v) is 43.2. The number of carbonyl (C=O) groups is 3. The molecule has 0 N–H and O–H groups in total. The predicted molar refractivity (Wildman–Crippen MR) is 270 cm³/mol. The van der Waals surface area contributed by atoms with Crippen molar-refractivity contribution < 1.29 is 28.6 Å². The van der Waals surface area contributed by atoms with Crippen LogP contribution in [-0.2, 0) is 28.6 Å². The minimum Gasteiger partial charge on any atom is -0.461 e. The third-order valence-corrected chi connectivity index (χ3v) is 13.4. The normalized spacial score (nSPS) is 12.9. The fourth-order valence-electron chi connectivity index (χ4n) is 8.81. The van der Waals surface area contributed by atoms with Gasteiger partial charge in [0.1, 0.15) is 13.2 Å². The van der Waals surface area contributed by atoms with E-state index >= 15 is 0 Å². The van der Waals surface area contributed by atoms with Gasteiger partial charge < -0.3 is 14.2 Å². The smallest absolute Gasteiger partial charge is 0.308 e. The highest BCUT2D eigenvalue weighted by Gasteiger charge is 2.23. The minimum absolute atomic E-state index is 0.0765. The van der Waals surface area contributed by atoms with Gasteiger partial charge in [0.2, 0.25) is 0 Å². The SMILES string of the molecule is CCCCCCCCCCCCCCCCC(C)C(=O)OCC(COC(=O)C(C)CCCCCCCCCCCCCCCC)OC(=O)CCCCCCCCCCCCCCC. The van der Waals surface area contributed by atoms with Gasteiger partial charge >= 0.3 is 17.9 Å². The average Bonchev–Trinajstić information content (AvgIpc) is 3.28. The predicted octanol–water partition coefficient (Wildman–Crippen LogP) is 18.5. The second-order valence-corrected chi connectivity index (χ2v) is 19.9. The van der Waals surface area contributed by atoms with Gasteiger partial charge in [-0.15, -0.1) is 0 Å². The van der Waals surface area contributed by atoms with Crippen molar-refractivity contribution in [2.24, 2.45) is 11.8 Å². The van der Waals surface area contributed by atoms with Gasteiger partial charge in [-0.05, 0) is 19.3 Å². The molecule has 2 unspecified atom stereocenters. The molecule has 0 aliphatic rings. The summed E-state index contributed by atoms with van der Waals surface area (Å²) < 4.78 is 17.2. The standard InChI is InChI=1S/C57H110O6/c1-6-9-12-15-18-21-24-27-30-32-35-38-41-44-47-52(4)56(59)61-50-54(63-55(58)49-46-43-40-37-34-29-26-23-20-17-14-11-8-3)51-62-57(60)53(5)48-45-42-39-36-33-31-28-25-22-19-16-13-10-7-2/h52-54H,6-51H2,1-5H3. The van der Waals surface area contributed by atoms with Crippen molar-refractivity contribution in [3.63, 3.8) is 0 Å². The molecule has 0 rings (SSSR count). The Balaban J connectivity index is 4.51. The number of unbranched alkanes of at least 4 members (excludes halogenated alkanes) is 38. The van der Waals surface area contributed by atoms with Crippen molar-refractivity contribution in [1.82, 2.24) is 0 Å². The fraction of sp³-hybridized carbons (Fsp3) is 0.947. The molecule has 0 spiro atoms. The Morgan fingerprint density at radius 1 is 0.317 bits per heavy atom. The molecule has 0 radical (unpaired) electrons. The molecule has 0 aliphatic carbocycles. The average molecular weight is 892 g/mol. The van der Waals surface area contributed by atoms with Crippen LogP contribution in [0.1, 0.15) is 317 Å². The molecule has 0 heterocycles. The summed E-state index contributed by atoms with van der Waals surface area (Å²) in [5, 5.41) is 0. The summed E-state index contributed by atoms with van der Waals surface area (Å²) in [5.74, 6) is -1.25. The molecule has 0 aliphatic heterocycles. The summed E-state index contributed by atoms with van der Waals surface area (Å²) in [5.41, 5.74) is 0. The molecule has 0 fully saturated rings. The van der Waals surface area contributed by atoms with E-state index in [1.165, 1.54) is 218 Å². The number of hydrogen-bond donors (Lipinski definition) is 0. The lowest BCUT2D eigenvalue weighted by Gasteiger charge is -2.20. The maximum Gasteiger partial charge on any atom is 0.308 e. The van der Waals surface area contributed by atoms with Gasteiger partial charge in [-0.2, -0.15) is 0 Å². The molecular weight excluding hydrogens is 781 g/mol. The van der Waals surface area contributed by atoms with Crippen LogP contribution in [0.2, 0.25) is 0 Å². The molecular formula is C57H110O6. The maximum absolute atomic E-state index is 13.0. The maximum atomic E-state index is 13.0. The van der Waals surface area contributed by atoms with Crippen molar-refractivity contribution in [3.8, 4) is 0 Å². The molecule has 2 atom stereocenters. The number of hydrogen-bond acceptors (Lipinski definition) is 6. The van der Waals surface area contributed by atoms with E-state index in [1.807, 2.05) is 13.8 Å². The summed E-state index contributed by atoms with van der Waals surface area (Å²) >= 11 is 0. The first-order valence-electron chi connectivity index (χ1n) is 28.4. The number of rotatable bonds is 51. The van der Waals surface area contributed by atoms with Crippen LogP contribution in [0, 0.1) is 11.8 Å². The molecule has 63 heavy (non-hydrogen) atoms. The highest BCUT2D eigenvalue weighted by atomic mass is 16.6. The summed E-state index contributed by atoms with van der Waals surface area (Å²) in [6.45, 7) is 10.5. The first-order valence-corrected chi connectivity index (χ1v) is 28.4. The molecule has 0 bridgehead atoms. The lowest BCUT2D eigenvalue weighted by Crippen LogP contribution is -2.32. The quantitative estimate of drug-likeness (QED) is 0.0344. The lowest BCUT2D eigenvalue weighted by atomic mass is 10.0. The lowest BCUT2D eigenvalue weighted by molar-refractivity contribution is -0.169.